The van der Waals surface area contributed by atoms with Crippen molar-refractivity contribution in [1.29, 1.82) is 0 Å². The third-order valence-electron chi connectivity index (χ3n) is 5.12. The number of hydrogen-bond acceptors (Lipinski definition) is 0. The van der Waals surface area contributed by atoms with E-state index in [1.165, 1.54) is 16.7 Å². The third-order valence-corrected chi connectivity index (χ3v) is 6.10. The molecule has 0 aromatic heterocycles. The van der Waals surface area contributed by atoms with Gasteiger partial charge in [0.2, 0.25) is 0 Å². The molecule has 136 valence electrons. The summed E-state index contributed by atoms with van der Waals surface area (Å²) in [6.45, 7) is 2.39. The standard InChI is InChI=1S/C24H27P.ClH/c1-20(17-21-11-5-2-6-12-21)24(25,18-22-13-7-3-8-14-22)19-23-15-9-4-10-16-23;/h2-16,20H,17-19,25H2,1H3;1H. The second-order valence-electron chi connectivity index (χ2n) is 7.15. The summed E-state index contributed by atoms with van der Waals surface area (Å²) in [6, 6.07) is 32.6. The van der Waals surface area contributed by atoms with Crippen molar-refractivity contribution in [3.05, 3.63) is 108 Å². The Kier molecular flexibility index (Phi) is 7.88. The smallest absolute Gasteiger partial charge is 0.00411 e. The van der Waals surface area contributed by atoms with Gasteiger partial charge in [0, 0.05) is 0 Å². The zero-order chi connectivity index (χ0) is 17.5. The maximum absolute atomic E-state index is 3.22. The topological polar surface area (TPSA) is 0 Å². The highest BCUT2D eigenvalue weighted by molar-refractivity contribution is 7.19. The van der Waals surface area contributed by atoms with E-state index >= 15 is 0 Å². The molecule has 0 heterocycles. The van der Waals surface area contributed by atoms with Gasteiger partial charge in [0.15, 0.2) is 0 Å². The minimum atomic E-state index is 0. The van der Waals surface area contributed by atoms with Crippen molar-refractivity contribution in [2.75, 3.05) is 0 Å². The molecule has 0 aliphatic heterocycles. The molecule has 3 aromatic carbocycles. The molecule has 3 rings (SSSR count). The molecular weight excluding hydrogens is 355 g/mol. The minimum Gasteiger partial charge on any atom is -0.147 e. The summed E-state index contributed by atoms with van der Waals surface area (Å²) >= 11 is 0. The van der Waals surface area contributed by atoms with Gasteiger partial charge in [0.05, 0.1) is 0 Å². The summed E-state index contributed by atoms with van der Waals surface area (Å²) in [4.78, 5) is 0. The minimum absolute atomic E-state index is 0. The van der Waals surface area contributed by atoms with E-state index in [0.717, 1.165) is 19.3 Å². The van der Waals surface area contributed by atoms with Crippen LogP contribution in [-0.2, 0) is 19.3 Å². The first-order chi connectivity index (χ1) is 12.2. The van der Waals surface area contributed by atoms with E-state index in [0.29, 0.717) is 5.92 Å². The second-order valence-corrected chi connectivity index (χ2v) is 8.30. The highest BCUT2D eigenvalue weighted by atomic mass is 35.5. The molecule has 0 N–H and O–H groups in total. The van der Waals surface area contributed by atoms with Gasteiger partial charge in [-0.05, 0) is 47.0 Å². The van der Waals surface area contributed by atoms with E-state index in [1.54, 1.807) is 0 Å². The van der Waals surface area contributed by atoms with Gasteiger partial charge in [0.25, 0.3) is 0 Å². The molecule has 0 nitrogen and oxygen atoms in total. The average molecular weight is 383 g/mol. The molecule has 2 atom stereocenters. The van der Waals surface area contributed by atoms with Crippen molar-refractivity contribution in [2.24, 2.45) is 5.92 Å². The van der Waals surface area contributed by atoms with Gasteiger partial charge in [0.1, 0.15) is 0 Å². The largest absolute Gasteiger partial charge is 0.147 e. The predicted molar refractivity (Wildman–Crippen MR) is 119 cm³/mol. The molecule has 0 aliphatic rings. The summed E-state index contributed by atoms with van der Waals surface area (Å²) in [6.07, 6.45) is 3.24. The normalized spacial score (nSPS) is 12.2. The van der Waals surface area contributed by atoms with Crippen molar-refractivity contribution in [1.82, 2.24) is 0 Å². The zero-order valence-corrected chi connectivity index (χ0v) is 17.3. The van der Waals surface area contributed by atoms with E-state index in [1.807, 2.05) is 0 Å². The van der Waals surface area contributed by atoms with Gasteiger partial charge in [-0.15, -0.1) is 21.6 Å². The Morgan fingerprint density at radius 1 is 0.654 bits per heavy atom. The van der Waals surface area contributed by atoms with Crippen LogP contribution in [0.1, 0.15) is 23.6 Å². The first-order valence-corrected chi connectivity index (χ1v) is 9.64. The molecule has 26 heavy (non-hydrogen) atoms. The van der Waals surface area contributed by atoms with Crippen molar-refractivity contribution < 1.29 is 0 Å². The van der Waals surface area contributed by atoms with Crippen molar-refractivity contribution in [3.8, 4) is 0 Å². The predicted octanol–water partition coefficient (Wildman–Crippen LogP) is 6.39. The van der Waals surface area contributed by atoms with Gasteiger partial charge >= 0.3 is 0 Å². The van der Waals surface area contributed by atoms with Crippen LogP contribution in [0, 0.1) is 5.92 Å². The molecule has 2 heteroatoms. The number of halogens is 1. The number of rotatable bonds is 7. The van der Waals surface area contributed by atoms with Gasteiger partial charge in [-0.25, -0.2) is 0 Å². The Morgan fingerprint density at radius 3 is 1.38 bits per heavy atom. The zero-order valence-electron chi connectivity index (χ0n) is 15.3. The van der Waals surface area contributed by atoms with Crippen LogP contribution in [0.5, 0.6) is 0 Å². The summed E-state index contributed by atoms with van der Waals surface area (Å²) < 4.78 is 0. The molecule has 2 unspecified atom stereocenters. The first kappa shape index (κ1) is 20.7. The summed E-state index contributed by atoms with van der Waals surface area (Å²) in [5.74, 6) is 0.556. The molecule has 0 bridgehead atoms. The van der Waals surface area contributed by atoms with Crippen molar-refractivity contribution in [2.45, 2.75) is 31.3 Å². The summed E-state index contributed by atoms with van der Waals surface area (Å²) in [5, 5.41) is 0.137. The second kappa shape index (κ2) is 9.91. The Balaban J connectivity index is 0.00000243. The van der Waals surface area contributed by atoms with Crippen molar-refractivity contribution >= 4 is 21.6 Å². The molecular formula is C24H28ClP. The SMILES string of the molecule is CC(Cc1ccccc1)C(P)(Cc1ccccc1)Cc1ccccc1.Cl. The molecule has 0 radical (unpaired) electrons. The highest BCUT2D eigenvalue weighted by Crippen LogP contribution is 2.37. The highest BCUT2D eigenvalue weighted by Gasteiger charge is 2.32. The van der Waals surface area contributed by atoms with E-state index in [9.17, 15) is 0 Å². The third kappa shape index (κ3) is 5.70. The van der Waals surface area contributed by atoms with E-state index < -0.39 is 0 Å². The lowest BCUT2D eigenvalue weighted by atomic mass is 9.79. The fourth-order valence-electron chi connectivity index (χ4n) is 3.53. The average Bonchev–Trinajstić information content (AvgIpc) is 2.64. The van der Waals surface area contributed by atoms with E-state index in [-0.39, 0.29) is 17.6 Å². The lowest BCUT2D eigenvalue weighted by Gasteiger charge is -2.36. The monoisotopic (exact) mass is 382 g/mol. The molecule has 0 spiro atoms. The molecule has 3 aromatic rings. The molecule has 0 saturated heterocycles. The Morgan fingerprint density at radius 2 is 1.00 bits per heavy atom. The van der Waals surface area contributed by atoms with Crippen LogP contribution in [0.3, 0.4) is 0 Å². The van der Waals surface area contributed by atoms with E-state index in [2.05, 4.69) is 107 Å². The van der Waals surface area contributed by atoms with Gasteiger partial charge in [-0.3, -0.25) is 0 Å². The Hall–Kier alpha value is -1.62. The fourth-order valence-corrected chi connectivity index (χ4v) is 4.12. The van der Waals surface area contributed by atoms with Gasteiger partial charge in [-0.1, -0.05) is 97.9 Å². The Labute approximate surface area is 166 Å². The van der Waals surface area contributed by atoms with Crippen molar-refractivity contribution in [3.63, 3.8) is 0 Å². The summed E-state index contributed by atoms with van der Waals surface area (Å²) in [5.41, 5.74) is 4.24. The van der Waals surface area contributed by atoms with Gasteiger partial charge < -0.3 is 0 Å². The van der Waals surface area contributed by atoms with Crippen LogP contribution in [-0.4, -0.2) is 5.16 Å². The van der Waals surface area contributed by atoms with Crippen LogP contribution in [0.4, 0.5) is 0 Å². The molecule has 0 fully saturated rings. The lowest BCUT2D eigenvalue weighted by molar-refractivity contribution is 0.394. The quantitative estimate of drug-likeness (QED) is 0.415. The van der Waals surface area contributed by atoms with Crippen LogP contribution in [0.25, 0.3) is 0 Å². The molecule has 0 amide bonds. The summed E-state index contributed by atoms with van der Waals surface area (Å²) in [7, 11) is 3.22. The fraction of sp³-hybridized carbons (Fsp3) is 0.250. The molecule has 0 aliphatic carbocycles. The van der Waals surface area contributed by atoms with Crippen LogP contribution in [0.15, 0.2) is 91.0 Å². The first-order valence-electron chi connectivity index (χ1n) is 9.06. The van der Waals surface area contributed by atoms with Crippen LogP contribution >= 0.6 is 21.6 Å². The number of hydrogen-bond donors (Lipinski definition) is 0. The van der Waals surface area contributed by atoms with Gasteiger partial charge in [-0.2, -0.15) is 0 Å². The van der Waals surface area contributed by atoms with Crippen LogP contribution in [0.2, 0.25) is 0 Å². The van der Waals surface area contributed by atoms with E-state index in [4.69, 9.17) is 0 Å². The Bertz CT molecular complexity index is 714. The lowest BCUT2D eigenvalue weighted by Crippen LogP contribution is -2.36. The maximum Gasteiger partial charge on any atom is -0.00411 e. The van der Waals surface area contributed by atoms with Crippen LogP contribution < -0.4 is 0 Å². The number of benzene rings is 3. The molecule has 0 saturated carbocycles. The maximum atomic E-state index is 3.22.